The number of hydrogen-bond donors (Lipinski definition) is 2. The van der Waals surface area contributed by atoms with E-state index in [1.54, 1.807) is 30.4 Å². The van der Waals surface area contributed by atoms with E-state index in [2.05, 4.69) is 15.0 Å². The Labute approximate surface area is 168 Å². The summed E-state index contributed by atoms with van der Waals surface area (Å²) in [5.74, 6) is -2.59. The Morgan fingerprint density at radius 2 is 2.00 bits per heavy atom. The summed E-state index contributed by atoms with van der Waals surface area (Å²) in [7, 11) is 0. The van der Waals surface area contributed by atoms with Crippen molar-refractivity contribution in [2.45, 2.75) is 44.9 Å². The van der Waals surface area contributed by atoms with Gasteiger partial charge in [-0.25, -0.2) is 9.78 Å². The number of nitrogens with one attached hydrogen (secondary N) is 2. The third-order valence-corrected chi connectivity index (χ3v) is 4.90. The monoisotopic (exact) mass is 437 g/mol. The van der Waals surface area contributed by atoms with Crippen LogP contribution in [0.3, 0.4) is 0 Å². The summed E-state index contributed by atoms with van der Waals surface area (Å²) in [6, 6.07) is 4.63. The molecule has 0 saturated heterocycles. The highest BCUT2D eigenvalue weighted by Gasteiger charge is 2.64. The second-order valence-corrected chi connectivity index (χ2v) is 7.34. The normalized spacial score (nSPS) is 13.8. The lowest BCUT2D eigenvalue weighted by Crippen LogP contribution is -2.69. The number of unbranched alkanes of at least 4 members (excludes halogenated alkanes) is 1. The van der Waals surface area contributed by atoms with E-state index in [9.17, 15) is 22.8 Å². The van der Waals surface area contributed by atoms with Crippen molar-refractivity contribution < 1.29 is 27.5 Å². The van der Waals surface area contributed by atoms with Crippen LogP contribution in [0.1, 0.15) is 33.1 Å². The topological polar surface area (TPSA) is 80.3 Å². The maximum Gasteiger partial charge on any atom is 0.442 e. The fourth-order valence-electron chi connectivity index (χ4n) is 2.35. The van der Waals surface area contributed by atoms with Gasteiger partial charge in [0.1, 0.15) is 0 Å². The predicted molar refractivity (Wildman–Crippen MR) is 101 cm³/mol. The zero-order valence-corrected chi connectivity index (χ0v) is 16.7. The average molecular weight is 438 g/mol. The van der Waals surface area contributed by atoms with Gasteiger partial charge in [-0.05, 0) is 31.5 Å². The first-order chi connectivity index (χ1) is 13.1. The quantitative estimate of drug-likeness (QED) is 0.470. The molecule has 0 bridgehead atoms. The maximum absolute atomic E-state index is 14.0. The predicted octanol–water partition coefficient (Wildman–Crippen LogP) is 4.49. The summed E-state index contributed by atoms with van der Waals surface area (Å²) < 4.78 is 47.2. The number of carbonyl (C=O) groups is 2. The van der Waals surface area contributed by atoms with E-state index in [1.807, 2.05) is 0 Å². The number of rotatable bonds is 8. The molecule has 1 aromatic carbocycles. The van der Waals surface area contributed by atoms with Gasteiger partial charge in [-0.15, -0.1) is 0 Å². The Hall–Kier alpha value is -2.07. The van der Waals surface area contributed by atoms with Crippen molar-refractivity contribution in [2.75, 3.05) is 11.9 Å². The number of thiazole rings is 1. The molecule has 0 aliphatic heterocycles. The number of halogens is 4. The van der Waals surface area contributed by atoms with E-state index in [0.717, 1.165) is 11.3 Å². The van der Waals surface area contributed by atoms with Gasteiger partial charge in [0.25, 0.3) is 0 Å². The van der Waals surface area contributed by atoms with Crippen LogP contribution in [0, 0.1) is 0 Å². The minimum Gasteiger partial charge on any atom is -0.463 e. The van der Waals surface area contributed by atoms with Gasteiger partial charge in [-0.1, -0.05) is 36.3 Å². The molecule has 2 aromatic rings. The highest BCUT2D eigenvalue weighted by Crippen LogP contribution is 2.36. The molecule has 1 atom stereocenters. The fourth-order valence-corrected chi connectivity index (χ4v) is 3.55. The Balaban J connectivity index is 2.47. The van der Waals surface area contributed by atoms with Gasteiger partial charge in [-0.2, -0.15) is 13.2 Å². The summed E-state index contributed by atoms with van der Waals surface area (Å²) in [6.45, 7) is 2.87. The molecular formula is C17H19ClF3N3O3S. The molecule has 6 nitrogen and oxygen atoms in total. The van der Waals surface area contributed by atoms with Gasteiger partial charge < -0.3 is 15.4 Å². The molecular weight excluding hydrogens is 419 g/mol. The highest BCUT2D eigenvalue weighted by atomic mass is 35.5. The average Bonchev–Trinajstić information content (AvgIpc) is 2.99. The summed E-state index contributed by atoms with van der Waals surface area (Å²) >= 11 is 6.76. The van der Waals surface area contributed by atoms with Crippen LogP contribution in [0.25, 0.3) is 10.2 Å². The number of aromatic nitrogens is 1. The first kappa shape index (κ1) is 22.2. The van der Waals surface area contributed by atoms with Gasteiger partial charge in [0.2, 0.25) is 5.91 Å². The summed E-state index contributed by atoms with van der Waals surface area (Å²) in [4.78, 5) is 28.5. The van der Waals surface area contributed by atoms with Crippen molar-refractivity contribution in [2.24, 2.45) is 0 Å². The Bertz CT molecular complexity index is 859. The van der Waals surface area contributed by atoms with Crippen LogP contribution in [0.2, 0.25) is 5.02 Å². The largest absolute Gasteiger partial charge is 0.463 e. The van der Waals surface area contributed by atoms with Gasteiger partial charge >= 0.3 is 17.8 Å². The number of hydrogen-bond acceptors (Lipinski definition) is 6. The number of alkyl halides is 3. The van der Waals surface area contributed by atoms with Crippen molar-refractivity contribution in [1.29, 1.82) is 0 Å². The van der Waals surface area contributed by atoms with Crippen LogP contribution in [0.15, 0.2) is 18.2 Å². The molecule has 0 spiro atoms. The molecule has 0 fully saturated rings. The van der Waals surface area contributed by atoms with Crippen LogP contribution in [-0.4, -0.2) is 35.3 Å². The van der Waals surface area contributed by atoms with Gasteiger partial charge in [0.15, 0.2) is 5.13 Å². The third-order valence-electron chi connectivity index (χ3n) is 3.74. The lowest BCUT2D eigenvalue weighted by atomic mass is 10.1. The number of amides is 1. The SMILES string of the molecule is CCCCC(=O)N[C@@](Nc1nc2ccc(Cl)cc2s1)(C(=O)OCC)C(F)(F)F. The van der Waals surface area contributed by atoms with E-state index < -0.39 is 23.7 Å². The molecule has 2 rings (SSSR count). The molecule has 28 heavy (non-hydrogen) atoms. The molecule has 154 valence electrons. The Morgan fingerprint density at radius 1 is 1.29 bits per heavy atom. The number of nitrogens with zero attached hydrogens (tertiary/aromatic N) is 1. The van der Waals surface area contributed by atoms with Crippen LogP contribution < -0.4 is 10.6 Å². The number of fused-ring (bicyclic) bond motifs is 1. The number of ether oxygens (including phenoxy) is 1. The lowest BCUT2D eigenvalue weighted by Gasteiger charge is -2.34. The minimum atomic E-state index is -5.18. The maximum atomic E-state index is 14.0. The number of anilines is 1. The zero-order chi connectivity index (χ0) is 20.9. The lowest BCUT2D eigenvalue weighted by molar-refractivity contribution is -0.207. The second kappa shape index (κ2) is 8.95. The first-order valence-electron chi connectivity index (χ1n) is 8.52. The van der Waals surface area contributed by atoms with E-state index >= 15 is 0 Å². The second-order valence-electron chi connectivity index (χ2n) is 5.88. The molecule has 0 saturated carbocycles. The van der Waals surface area contributed by atoms with Crippen LogP contribution in [0.4, 0.5) is 18.3 Å². The third kappa shape index (κ3) is 4.85. The van der Waals surface area contributed by atoms with Crippen molar-refractivity contribution in [3.05, 3.63) is 23.2 Å². The standard InChI is InChI=1S/C17H19ClF3N3O3S/c1-3-5-6-13(25)23-16(17(19,20)21,14(26)27-4-2)24-15-22-11-8-7-10(18)9-12(11)28-15/h7-9H,3-6H2,1-2H3,(H,22,24)(H,23,25)/t16-/m1/s1. The number of benzene rings is 1. The van der Waals surface area contributed by atoms with E-state index in [1.165, 1.54) is 6.92 Å². The first-order valence-corrected chi connectivity index (χ1v) is 9.71. The van der Waals surface area contributed by atoms with Crippen molar-refractivity contribution in [3.63, 3.8) is 0 Å². The summed E-state index contributed by atoms with van der Waals surface area (Å²) in [6.07, 6.45) is -4.36. The summed E-state index contributed by atoms with van der Waals surface area (Å²) in [5.41, 5.74) is -3.06. The smallest absolute Gasteiger partial charge is 0.442 e. The minimum absolute atomic E-state index is 0.162. The molecule has 1 heterocycles. The van der Waals surface area contributed by atoms with Crippen molar-refractivity contribution >= 4 is 50.2 Å². The van der Waals surface area contributed by atoms with Gasteiger partial charge in [0, 0.05) is 11.4 Å². The zero-order valence-electron chi connectivity index (χ0n) is 15.2. The van der Waals surface area contributed by atoms with Crippen LogP contribution >= 0.6 is 22.9 Å². The summed E-state index contributed by atoms with van der Waals surface area (Å²) in [5, 5.41) is 4.03. The number of carbonyl (C=O) groups excluding carboxylic acids is 2. The molecule has 2 N–H and O–H groups in total. The van der Waals surface area contributed by atoms with E-state index in [4.69, 9.17) is 11.6 Å². The van der Waals surface area contributed by atoms with Crippen molar-refractivity contribution in [3.8, 4) is 0 Å². The molecule has 0 radical (unpaired) electrons. The molecule has 1 aromatic heterocycles. The van der Waals surface area contributed by atoms with E-state index in [0.29, 0.717) is 28.1 Å². The molecule has 11 heteroatoms. The highest BCUT2D eigenvalue weighted by molar-refractivity contribution is 7.22. The fraction of sp³-hybridized carbons (Fsp3) is 0.471. The Morgan fingerprint density at radius 3 is 2.61 bits per heavy atom. The molecule has 0 aliphatic carbocycles. The van der Waals surface area contributed by atoms with E-state index in [-0.39, 0.29) is 18.2 Å². The Kier molecular flexibility index (Phi) is 7.11. The molecule has 0 aliphatic rings. The van der Waals surface area contributed by atoms with Crippen LogP contribution in [-0.2, 0) is 14.3 Å². The number of esters is 1. The van der Waals surface area contributed by atoms with Crippen molar-refractivity contribution in [1.82, 2.24) is 10.3 Å². The van der Waals surface area contributed by atoms with Gasteiger partial charge in [-0.3, -0.25) is 4.79 Å². The van der Waals surface area contributed by atoms with Crippen LogP contribution in [0.5, 0.6) is 0 Å². The van der Waals surface area contributed by atoms with Gasteiger partial charge in [0.05, 0.1) is 16.8 Å². The molecule has 0 unspecified atom stereocenters. The molecule has 1 amide bonds.